The molecule has 0 heterocycles. The third-order valence-corrected chi connectivity index (χ3v) is 3.91. The molecule has 0 saturated heterocycles. The standard InChI is InChI=1S/C19H22FNO2/c1-12-9-14(3)18(10-13(12)2)15(4)21-19(22)11-23-17-7-5-16(20)6-8-17/h5-10,15H,11H2,1-4H3,(H,21,22)/t15-/m1/s1. The van der Waals surface area contributed by atoms with Crippen molar-refractivity contribution in [2.75, 3.05) is 6.61 Å². The number of carbonyl (C=O) groups excluding carboxylic acids is 1. The van der Waals surface area contributed by atoms with Gasteiger partial charge in [0.1, 0.15) is 11.6 Å². The summed E-state index contributed by atoms with van der Waals surface area (Å²) in [6, 6.07) is 9.74. The Morgan fingerprint density at radius 1 is 1.09 bits per heavy atom. The van der Waals surface area contributed by atoms with Crippen LogP contribution < -0.4 is 10.1 Å². The van der Waals surface area contributed by atoms with Crippen LogP contribution in [0.4, 0.5) is 4.39 Å². The zero-order chi connectivity index (χ0) is 17.0. The fraction of sp³-hybridized carbons (Fsp3) is 0.316. The van der Waals surface area contributed by atoms with E-state index in [4.69, 9.17) is 4.74 Å². The highest BCUT2D eigenvalue weighted by atomic mass is 19.1. The maximum absolute atomic E-state index is 12.8. The van der Waals surface area contributed by atoms with Gasteiger partial charge in [0.05, 0.1) is 6.04 Å². The van der Waals surface area contributed by atoms with Gasteiger partial charge in [-0.15, -0.1) is 0 Å². The molecular formula is C19H22FNO2. The Labute approximate surface area is 136 Å². The maximum Gasteiger partial charge on any atom is 0.258 e. The Bertz CT molecular complexity index is 695. The third kappa shape index (κ3) is 4.55. The topological polar surface area (TPSA) is 38.3 Å². The van der Waals surface area contributed by atoms with E-state index in [0.29, 0.717) is 5.75 Å². The van der Waals surface area contributed by atoms with E-state index < -0.39 is 0 Å². The van der Waals surface area contributed by atoms with Crippen LogP contribution in [0, 0.1) is 26.6 Å². The van der Waals surface area contributed by atoms with E-state index >= 15 is 0 Å². The van der Waals surface area contributed by atoms with Gasteiger partial charge in [-0.05, 0) is 74.2 Å². The van der Waals surface area contributed by atoms with Crippen LogP contribution in [0.5, 0.6) is 5.75 Å². The summed E-state index contributed by atoms with van der Waals surface area (Å²) in [6.07, 6.45) is 0. The minimum Gasteiger partial charge on any atom is -0.484 e. The van der Waals surface area contributed by atoms with Crippen LogP contribution in [0.1, 0.15) is 35.2 Å². The number of hydrogen-bond donors (Lipinski definition) is 1. The molecule has 0 saturated carbocycles. The Kier molecular flexibility index (Phi) is 5.37. The molecule has 1 N–H and O–H groups in total. The van der Waals surface area contributed by atoms with Crippen LogP contribution in [0.15, 0.2) is 36.4 Å². The van der Waals surface area contributed by atoms with Crippen LogP contribution >= 0.6 is 0 Å². The summed E-state index contributed by atoms with van der Waals surface area (Å²) in [5, 5.41) is 2.93. The molecule has 0 aromatic heterocycles. The smallest absolute Gasteiger partial charge is 0.258 e. The largest absolute Gasteiger partial charge is 0.484 e. The predicted molar refractivity (Wildman–Crippen MR) is 89.1 cm³/mol. The number of benzene rings is 2. The average Bonchev–Trinajstić information content (AvgIpc) is 2.50. The van der Waals surface area contributed by atoms with Gasteiger partial charge >= 0.3 is 0 Å². The van der Waals surface area contributed by atoms with Crippen molar-refractivity contribution < 1.29 is 13.9 Å². The minimum absolute atomic E-state index is 0.0974. The quantitative estimate of drug-likeness (QED) is 0.905. The van der Waals surface area contributed by atoms with Crippen molar-refractivity contribution >= 4 is 5.91 Å². The number of rotatable bonds is 5. The summed E-state index contributed by atoms with van der Waals surface area (Å²) in [4.78, 5) is 12.0. The molecule has 0 fully saturated rings. The molecule has 0 radical (unpaired) electrons. The van der Waals surface area contributed by atoms with Gasteiger partial charge in [-0.25, -0.2) is 4.39 Å². The lowest BCUT2D eigenvalue weighted by Gasteiger charge is -2.18. The number of hydrogen-bond acceptors (Lipinski definition) is 2. The molecule has 122 valence electrons. The fourth-order valence-corrected chi connectivity index (χ4v) is 2.49. The average molecular weight is 315 g/mol. The number of amides is 1. The van der Waals surface area contributed by atoms with Crippen molar-refractivity contribution in [3.05, 3.63) is 64.5 Å². The SMILES string of the molecule is Cc1cc(C)c([C@@H](C)NC(=O)COc2ccc(F)cc2)cc1C. The second-order valence-electron chi connectivity index (χ2n) is 5.82. The molecule has 4 heteroatoms. The van der Waals surface area contributed by atoms with Gasteiger partial charge < -0.3 is 10.1 Å². The van der Waals surface area contributed by atoms with E-state index in [-0.39, 0.29) is 24.4 Å². The zero-order valence-electron chi connectivity index (χ0n) is 13.9. The molecule has 0 bridgehead atoms. The van der Waals surface area contributed by atoms with Gasteiger partial charge in [-0.3, -0.25) is 4.79 Å². The Morgan fingerprint density at radius 2 is 1.70 bits per heavy atom. The lowest BCUT2D eigenvalue weighted by molar-refractivity contribution is -0.123. The summed E-state index contributed by atoms with van der Waals surface area (Å²) >= 11 is 0. The van der Waals surface area contributed by atoms with Gasteiger partial charge in [-0.1, -0.05) is 12.1 Å². The summed E-state index contributed by atoms with van der Waals surface area (Å²) in [5.74, 6) is -0.0725. The molecule has 2 rings (SSSR count). The first-order valence-electron chi connectivity index (χ1n) is 7.62. The minimum atomic E-state index is -0.333. The fourth-order valence-electron chi connectivity index (χ4n) is 2.49. The molecule has 2 aromatic rings. The molecule has 0 spiro atoms. The highest BCUT2D eigenvalue weighted by Gasteiger charge is 2.13. The highest BCUT2D eigenvalue weighted by Crippen LogP contribution is 2.21. The molecule has 1 atom stereocenters. The lowest BCUT2D eigenvalue weighted by Crippen LogP contribution is -2.31. The summed E-state index contributed by atoms with van der Waals surface area (Å²) in [6.45, 7) is 8.03. The van der Waals surface area contributed by atoms with Crippen molar-refractivity contribution in [2.45, 2.75) is 33.7 Å². The van der Waals surface area contributed by atoms with E-state index in [1.54, 1.807) is 0 Å². The van der Waals surface area contributed by atoms with Crippen molar-refractivity contribution in [1.82, 2.24) is 5.32 Å². The number of carbonyl (C=O) groups is 1. The monoisotopic (exact) mass is 315 g/mol. The van der Waals surface area contributed by atoms with Gasteiger partial charge in [0.2, 0.25) is 0 Å². The van der Waals surface area contributed by atoms with Crippen LogP contribution in [-0.4, -0.2) is 12.5 Å². The normalized spacial score (nSPS) is 11.9. The van der Waals surface area contributed by atoms with Gasteiger partial charge in [0.25, 0.3) is 5.91 Å². The lowest BCUT2D eigenvalue weighted by atomic mass is 9.96. The molecular weight excluding hydrogens is 293 g/mol. The molecule has 3 nitrogen and oxygen atoms in total. The Balaban J connectivity index is 1.94. The molecule has 0 aliphatic heterocycles. The molecule has 0 aliphatic rings. The van der Waals surface area contributed by atoms with Crippen LogP contribution in [0.2, 0.25) is 0 Å². The first kappa shape index (κ1) is 17.0. The van der Waals surface area contributed by atoms with Gasteiger partial charge in [-0.2, -0.15) is 0 Å². The first-order chi connectivity index (χ1) is 10.9. The Morgan fingerprint density at radius 3 is 2.35 bits per heavy atom. The highest BCUT2D eigenvalue weighted by molar-refractivity contribution is 5.78. The second-order valence-corrected chi connectivity index (χ2v) is 5.82. The molecule has 23 heavy (non-hydrogen) atoms. The van der Waals surface area contributed by atoms with Crippen molar-refractivity contribution in [1.29, 1.82) is 0 Å². The van der Waals surface area contributed by atoms with Crippen LogP contribution in [-0.2, 0) is 4.79 Å². The zero-order valence-corrected chi connectivity index (χ0v) is 13.9. The number of ether oxygens (including phenoxy) is 1. The van der Waals surface area contributed by atoms with Gasteiger partial charge in [0, 0.05) is 0 Å². The maximum atomic E-state index is 12.8. The van der Waals surface area contributed by atoms with Crippen LogP contribution in [0.25, 0.3) is 0 Å². The van der Waals surface area contributed by atoms with E-state index in [1.807, 2.05) is 13.8 Å². The van der Waals surface area contributed by atoms with Crippen molar-refractivity contribution in [3.8, 4) is 5.75 Å². The molecule has 1 amide bonds. The third-order valence-electron chi connectivity index (χ3n) is 3.91. The van der Waals surface area contributed by atoms with Crippen molar-refractivity contribution in [3.63, 3.8) is 0 Å². The molecule has 0 unspecified atom stereocenters. The second kappa shape index (κ2) is 7.27. The summed E-state index contributed by atoms with van der Waals surface area (Å²) in [5.41, 5.74) is 4.70. The van der Waals surface area contributed by atoms with Crippen molar-refractivity contribution in [2.24, 2.45) is 0 Å². The van der Waals surface area contributed by atoms with Gasteiger partial charge in [0.15, 0.2) is 6.61 Å². The van der Waals surface area contributed by atoms with E-state index in [0.717, 1.165) is 11.1 Å². The summed E-state index contributed by atoms with van der Waals surface area (Å²) in [7, 11) is 0. The van der Waals surface area contributed by atoms with Crippen LogP contribution in [0.3, 0.4) is 0 Å². The number of aryl methyl sites for hydroxylation is 3. The molecule has 0 aliphatic carbocycles. The molecule has 2 aromatic carbocycles. The predicted octanol–water partition coefficient (Wildman–Crippen LogP) is 4.01. The summed E-state index contributed by atoms with van der Waals surface area (Å²) < 4.78 is 18.2. The first-order valence-corrected chi connectivity index (χ1v) is 7.62. The van der Waals surface area contributed by atoms with E-state index in [1.165, 1.54) is 35.4 Å². The van der Waals surface area contributed by atoms with E-state index in [9.17, 15) is 9.18 Å². The number of nitrogens with one attached hydrogen (secondary N) is 1. The van der Waals surface area contributed by atoms with E-state index in [2.05, 4.69) is 31.3 Å². The number of halogens is 1. The Hall–Kier alpha value is -2.36.